The third-order valence-electron chi connectivity index (χ3n) is 3.87. The van der Waals surface area contributed by atoms with Gasteiger partial charge < -0.3 is 10.0 Å². The van der Waals surface area contributed by atoms with Crippen LogP contribution in [0.3, 0.4) is 0 Å². The van der Waals surface area contributed by atoms with Gasteiger partial charge >= 0.3 is 5.97 Å². The minimum absolute atomic E-state index is 0.181. The first kappa shape index (κ1) is 18.2. The zero-order valence-corrected chi connectivity index (χ0v) is 15.8. The van der Waals surface area contributed by atoms with Crippen molar-refractivity contribution in [3.63, 3.8) is 0 Å². The number of benzene rings is 2. The molecular weight excluding hydrogens is 368 g/mol. The van der Waals surface area contributed by atoms with E-state index in [0.29, 0.717) is 9.23 Å². The van der Waals surface area contributed by atoms with E-state index in [-0.39, 0.29) is 11.5 Å². The number of carbonyl (C=O) groups is 2. The molecule has 7 heteroatoms. The molecule has 1 fully saturated rings. The Bertz CT molecular complexity index is 903. The average Bonchev–Trinajstić information content (AvgIpc) is 2.89. The van der Waals surface area contributed by atoms with Crippen molar-refractivity contribution in [2.24, 2.45) is 0 Å². The van der Waals surface area contributed by atoms with Crippen LogP contribution in [0.4, 0.5) is 11.4 Å². The number of amides is 1. The van der Waals surface area contributed by atoms with Crippen molar-refractivity contribution in [3.8, 4) is 0 Å². The Labute approximate surface area is 160 Å². The van der Waals surface area contributed by atoms with Crippen molar-refractivity contribution < 1.29 is 14.7 Å². The maximum absolute atomic E-state index is 12.8. The SMILES string of the molecule is CN(C)c1ccc(N2C(=O)/C(=C\c3ccc(C(=O)O)cc3)SC2=S)cc1. The van der Waals surface area contributed by atoms with Gasteiger partial charge in [-0.1, -0.05) is 36.1 Å². The molecule has 0 aromatic heterocycles. The van der Waals surface area contributed by atoms with Crippen molar-refractivity contribution >= 4 is 57.6 Å². The van der Waals surface area contributed by atoms with Crippen molar-refractivity contribution in [2.45, 2.75) is 0 Å². The summed E-state index contributed by atoms with van der Waals surface area (Å²) >= 11 is 6.61. The summed E-state index contributed by atoms with van der Waals surface area (Å²) in [5.41, 5.74) is 2.71. The number of carbonyl (C=O) groups excluding carboxylic acids is 1. The van der Waals surface area contributed by atoms with Gasteiger partial charge in [-0.15, -0.1) is 0 Å². The van der Waals surface area contributed by atoms with E-state index in [1.807, 2.05) is 43.3 Å². The summed E-state index contributed by atoms with van der Waals surface area (Å²) < 4.78 is 0.473. The molecular formula is C19H16N2O3S2. The molecule has 0 unspecified atom stereocenters. The van der Waals surface area contributed by atoms with Crippen molar-refractivity contribution in [1.82, 2.24) is 0 Å². The number of anilines is 2. The topological polar surface area (TPSA) is 60.9 Å². The second-order valence-corrected chi connectivity index (χ2v) is 7.53. The monoisotopic (exact) mass is 384 g/mol. The average molecular weight is 384 g/mol. The summed E-state index contributed by atoms with van der Waals surface area (Å²) in [6.45, 7) is 0. The number of aromatic carboxylic acids is 1. The van der Waals surface area contributed by atoms with E-state index in [4.69, 9.17) is 17.3 Å². The second kappa shape index (κ2) is 7.31. The Morgan fingerprint density at radius 3 is 2.27 bits per heavy atom. The maximum atomic E-state index is 12.8. The van der Waals surface area contributed by atoms with Crippen molar-refractivity contribution in [1.29, 1.82) is 0 Å². The molecule has 3 rings (SSSR count). The Morgan fingerprint density at radius 2 is 1.73 bits per heavy atom. The first-order valence-corrected chi connectivity index (χ1v) is 8.98. The lowest BCUT2D eigenvalue weighted by molar-refractivity contribution is -0.113. The number of rotatable bonds is 4. The van der Waals surface area contributed by atoms with E-state index < -0.39 is 5.97 Å². The summed E-state index contributed by atoms with van der Waals surface area (Å²) in [5, 5.41) is 8.95. The summed E-state index contributed by atoms with van der Waals surface area (Å²) in [5.74, 6) is -1.16. The lowest BCUT2D eigenvalue weighted by atomic mass is 10.1. The molecule has 0 saturated carbocycles. The Balaban J connectivity index is 1.85. The number of hydrogen-bond donors (Lipinski definition) is 1. The van der Waals surface area contributed by atoms with Gasteiger partial charge in [-0.05, 0) is 48.0 Å². The largest absolute Gasteiger partial charge is 0.478 e. The maximum Gasteiger partial charge on any atom is 0.335 e. The molecule has 1 amide bonds. The Kier molecular flexibility index (Phi) is 5.11. The lowest BCUT2D eigenvalue weighted by Crippen LogP contribution is -2.27. The molecule has 0 spiro atoms. The van der Waals surface area contributed by atoms with Crippen LogP contribution in [0.25, 0.3) is 6.08 Å². The molecule has 2 aromatic carbocycles. The van der Waals surface area contributed by atoms with Gasteiger partial charge in [-0.2, -0.15) is 0 Å². The summed E-state index contributed by atoms with van der Waals surface area (Å²) in [4.78, 5) is 27.7. The molecule has 5 nitrogen and oxygen atoms in total. The van der Waals surface area contributed by atoms with Crippen LogP contribution in [0, 0.1) is 0 Å². The van der Waals surface area contributed by atoms with Gasteiger partial charge in [0.2, 0.25) is 0 Å². The van der Waals surface area contributed by atoms with E-state index in [2.05, 4.69) is 0 Å². The number of carboxylic acids is 1. The predicted molar refractivity (Wildman–Crippen MR) is 110 cm³/mol. The molecule has 0 radical (unpaired) electrons. The van der Waals surface area contributed by atoms with Gasteiger partial charge in [0.05, 0.1) is 16.2 Å². The fourth-order valence-corrected chi connectivity index (χ4v) is 3.76. The molecule has 2 aromatic rings. The smallest absolute Gasteiger partial charge is 0.335 e. The molecule has 0 aliphatic carbocycles. The highest BCUT2D eigenvalue weighted by molar-refractivity contribution is 8.27. The zero-order chi connectivity index (χ0) is 18.8. The molecule has 0 bridgehead atoms. The second-order valence-electron chi connectivity index (χ2n) is 5.86. The van der Waals surface area contributed by atoms with E-state index in [0.717, 1.165) is 16.9 Å². The highest BCUT2D eigenvalue weighted by Gasteiger charge is 2.33. The van der Waals surface area contributed by atoms with Crippen LogP contribution in [-0.4, -0.2) is 35.4 Å². The number of thiocarbonyl (C=S) groups is 1. The van der Waals surface area contributed by atoms with Gasteiger partial charge in [-0.25, -0.2) is 4.79 Å². The molecule has 1 heterocycles. The third kappa shape index (κ3) is 3.63. The Morgan fingerprint density at radius 1 is 1.12 bits per heavy atom. The van der Waals surface area contributed by atoms with Crippen LogP contribution in [0.2, 0.25) is 0 Å². The summed E-state index contributed by atoms with van der Waals surface area (Å²) in [6, 6.07) is 14.0. The van der Waals surface area contributed by atoms with Gasteiger partial charge in [0, 0.05) is 19.8 Å². The number of hydrogen-bond acceptors (Lipinski definition) is 5. The zero-order valence-electron chi connectivity index (χ0n) is 14.2. The minimum Gasteiger partial charge on any atom is -0.478 e. The van der Waals surface area contributed by atoms with Gasteiger partial charge in [0.15, 0.2) is 4.32 Å². The van der Waals surface area contributed by atoms with E-state index in [1.165, 1.54) is 28.8 Å². The molecule has 26 heavy (non-hydrogen) atoms. The van der Waals surface area contributed by atoms with Crippen LogP contribution in [0.5, 0.6) is 0 Å². The highest BCUT2D eigenvalue weighted by Crippen LogP contribution is 2.36. The minimum atomic E-state index is -0.982. The Hall–Kier alpha value is -2.64. The standard InChI is InChI=1S/C19H16N2O3S2/c1-20(2)14-7-9-15(10-8-14)21-17(22)16(26-19(21)25)11-12-3-5-13(6-4-12)18(23)24/h3-11H,1-2H3,(H,23,24)/b16-11+. The predicted octanol–water partition coefficient (Wildman–Crippen LogP) is 3.86. The van der Waals surface area contributed by atoms with Crippen LogP contribution < -0.4 is 9.80 Å². The van der Waals surface area contributed by atoms with Crippen molar-refractivity contribution in [3.05, 3.63) is 64.6 Å². The molecule has 1 saturated heterocycles. The molecule has 0 atom stereocenters. The number of nitrogens with zero attached hydrogens (tertiary/aromatic N) is 2. The highest BCUT2D eigenvalue weighted by atomic mass is 32.2. The fourth-order valence-electron chi connectivity index (χ4n) is 2.46. The van der Waals surface area contributed by atoms with Crippen LogP contribution in [0.15, 0.2) is 53.4 Å². The van der Waals surface area contributed by atoms with Gasteiger partial charge in [-0.3, -0.25) is 9.69 Å². The first-order valence-electron chi connectivity index (χ1n) is 7.75. The quantitative estimate of drug-likeness (QED) is 0.638. The number of thioether (sulfide) groups is 1. The van der Waals surface area contributed by atoms with Crippen LogP contribution >= 0.6 is 24.0 Å². The van der Waals surface area contributed by atoms with Crippen molar-refractivity contribution in [2.75, 3.05) is 23.9 Å². The fraction of sp³-hybridized carbons (Fsp3) is 0.105. The van der Waals surface area contributed by atoms with Gasteiger partial charge in [0.25, 0.3) is 5.91 Å². The van der Waals surface area contributed by atoms with E-state index >= 15 is 0 Å². The number of carboxylic acid groups (broad SMARTS) is 1. The third-order valence-corrected chi connectivity index (χ3v) is 5.18. The summed E-state index contributed by atoms with van der Waals surface area (Å²) in [7, 11) is 3.90. The van der Waals surface area contributed by atoms with Crippen LogP contribution in [0.1, 0.15) is 15.9 Å². The molecule has 1 aliphatic rings. The summed E-state index contributed by atoms with van der Waals surface area (Å²) in [6.07, 6.45) is 1.72. The normalized spacial score (nSPS) is 15.6. The lowest BCUT2D eigenvalue weighted by Gasteiger charge is -2.17. The van der Waals surface area contributed by atoms with Gasteiger partial charge in [0.1, 0.15) is 0 Å². The van der Waals surface area contributed by atoms with E-state index in [9.17, 15) is 9.59 Å². The first-order chi connectivity index (χ1) is 12.4. The molecule has 1 N–H and O–H groups in total. The molecule has 132 valence electrons. The van der Waals surface area contributed by atoms with Crippen LogP contribution in [-0.2, 0) is 4.79 Å². The van der Waals surface area contributed by atoms with E-state index in [1.54, 1.807) is 18.2 Å². The molecule has 1 aliphatic heterocycles.